The number of anilines is 2. The van der Waals surface area contributed by atoms with Gasteiger partial charge in [0.1, 0.15) is 5.70 Å². The highest BCUT2D eigenvalue weighted by Crippen LogP contribution is 2.27. The van der Waals surface area contributed by atoms with Gasteiger partial charge in [-0.05, 0) is 83.9 Å². The third kappa shape index (κ3) is 7.82. The Labute approximate surface area is 234 Å². The Morgan fingerprint density at radius 3 is 2.34 bits per heavy atom. The van der Waals surface area contributed by atoms with Crippen LogP contribution in [0, 0.1) is 0 Å². The molecule has 0 aliphatic heterocycles. The number of carbonyl (C=O) groups excluding carboxylic acids is 3. The summed E-state index contributed by atoms with van der Waals surface area (Å²) in [6.45, 7) is 1.80. The minimum absolute atomic E-state index is 0.115. The third-order valence-electron chi connectivity index (χ3n) is 5.25. The Balaban J connectivity index is 1.44. The second-order valence-corrected chi connectivity index (χ2v) is 10.8. The summed E-state index contributed by atoms with van der Waals surface area (Å²) in [4.78, 5) is 39.4. The first-order valence-electron chi connectivity index (χ1n) is 11.6. The molecule has 1 atom stereocenters. The van der Waals surface area contributed by atoms with Crippen LogP contribution >= 0.6 is 34.7 Å². The van der Waals surface area contributed by atoms with Crippen molar-refractivity contribution in [2.45, 2.75) is 17.1 Å². The summed E-state index contributed by atoms with van der Waals surface area (Å²) in [5.41, 5.74) is 2.52. The van der Waals surface area contributed by atoms with Gasteiger partial charge in [0.2, 0.25) is 5.91 Å². The van der Waals surface area contributed by atoms with Crippen LogP contribution in [-0.2, 0) is 9.59 Å². The molecule has 1 unspecified atom stereocenters. The van der Waals surface area contributed by atoms with Crippen molar-refractivity contribution in [2.75, 3.05) is 10.6 Å². The van der Waals surface area contributed by atoms with E-state index in [9.17, 15) is 14.4 Å². The van der Waals surface area contributed by atoms with Crippen LogP contribution in [0.2, 0.25) is 5.02 Å². The van der Waals surface area contributed by atoms with Gasteiger partial charge in [-0.25, -0.2) is 0 Å². The molecule has 0 bridgehead atoms. The summed E-state index contributed by atoms with van der Waals surface area (Å²) >= 11 is 8.85. The molecular formula is C29H24ClN3O3S2. The van der Waals surface area contributed by atoms with Crippen LogP contribution in [0.1, 0.15) is 22.8 Å². The molecule has 0 aliphatic rings. The molecule has 0 spiro atoms. The van der Waals surface area contributed by atoms with Crippen LogP contribution < -0.4 is 16.0 Å². The zero-order chi connectivity index (χ0) is 26.9. The standard InChI is InChI=1S/C29H24ClN3O3S2/c1-19(27(34)31-23-10-5-9-22(30)16-23)38-25-12-6-11-24(17-25)32-29(36)26(15-20-13-14-37-18-20)33-28(35)21-7-3-2-4-8-21/h2-19H,1H3,(H,31,34)(H,32,36)(H,33,35)/b26-15-. The van der Waals surface area contributed by atoms with E-state index in [1.165, 1.54) is 23.1 Å². The van der Waals surface area contributed by atoms with Crippen molar-refractivity contribution in [3.63, 3.8) is 0 Å². The lowest BCUT2D eigenvalue weighted by Gasteiger charge is -2.14. The van der Waals surface area contributed by atoms with Gasteiger partial charge in [0.25, 0.3) is 11.8 Å². The van der Waals surface area contributed by atoms with E-state index >= 15 is 0 Å². The van der Waals surface area contributed by atoms with Gasteiger partial charge >= 0.3 is 0 Å². The lowest BCUT2D eigenvalue weighted by Crippen LogP contribution is -2.30. The average molecular weight is 562 g/mol. The molecule has 192 valence electrons. The molecule has 0 saturated heterocycles. The fourth-order valence-electron chi connectivity index (χ4n) is 3.38. The topological polar surface area (TPSA) is 87.3 Å². The molecule has 4 aromatic rings. The van der Waals surface area contributed by atoms with Crippen molar-refractivity contribution in [1.29, 1.82) is 0 Å². The van der Waals surface area contributed by atoms with Gasteiger partial charge in [0, 0.05) is 26.9 Å². The summed E-state index contributed by atoms with van der Waals surface area (Å²) < 4.78 is 0. The van der Waals surface area contributed by atoms with E-state index < -0.39 is 11.2 Å². The maximum absolute atomic E-state index is 13.2. The number of carbonyl (C=O) groups is 3. The molecule has 38 heavy (non-hydrogen) atoms. The zero-order valence-electron chi connectivity index (χ0n) is 20.3. The highest BCUT2D eigenvalue weighted by Gasteiger charge is 2.17. The van der Waals surface area contributed by atoms with Gasteiger partial charge < -0.3 is 16.0 Å². The Bertz CT molecular complexity index is 1460. The van der Waals surface area contributed by atoms with Crippen LogP contribution in [0.5, 0.6) is 0 Å². The fraction of sp³-hybridized carbons (Fsp3) is 0.0690. The van der Waals surface area contributed by atoms with E-state index in [0.29, 0.717) is 22.0 Å². The van der Waals surface area contributed by atoms with Crippen LogP contribution in [0.25, 0.3) is 6.08 Å². The van der Waals surface area contributed by atoms with Crippen LogP contribution in [0.15, 0.2) is 106 Å². The van der Waals surface area contributed by atoms with Crippen LogP contribution in [0.4, 0.5) is 11.4 Å². The number of thioether (sulfide) groups is 1. The first kappa shape index (κ1) is 27.2. The number of nitrogens with one attached hydrogen (secondary N) is 3. The van der Waals surface area contributed by atoms with Crippen LogP contribution in [-0.4, -0.2) is 23.0 Å². The van der Waals surface area contributed by atoms with E-state index in [1.807, 2.05) is 29.0 Å². The molecule has 4 rings (SSSR count). The molecule has 0 aliphatic carbocycles. The number of amides is 3. The number of rotatable bonds is 9. The molecule has 0 fully saturated rings. The predicted octanol–water partition coefficient (Wildman–Crippen LogP) is 6.93. The number of benzene rings is 3. The van der Waals surface area contributed by atoms with Gasteiger partial charge in [-0.2, -0.15) is 11.3 Å². The summed E-state index contributed by atoms with van der Waals surface area (Å²) in [5, 5.41) is 12.4. The molecule has 3 aromatic carbocycles. The second kappa shape index (κ2) is 13.1. The van der Waals surface area contributed by atoms with E-state index in [0.717, 1.165) is 10.5 Å². The molecule has 0 radical (unpaired) electrons. The number of hydrogen-bond acceptors (Lipinski definition) is 5. The number of thiophene rings is 1. The molecular weight excluding hydrogens is 538 g/mol. The smallest absolute Gasteiger partial charge is 0.272 e. The Morgan fingerprint density at radius 1 is 0.895 bits per heavy atom. The Hall–Kier alpha value is -3.85. The maximum Gasteiger partial charge on any atom is 0.272 e. The first-order chi connectivity index (χ1) is 18.4. The monoisotopic (exact) mass is 561 g/mol. The van der Waals surface area contributed by atoms with Crippen molar-refractivity contribution in [3.8, 4) is 0 Å². The summed E-state index contributed by atoms with van der Waals surface area (Å²) in [6.07, 6.45) is 1.63. The molecule has 6 nitrogen and oxygen atoms in total. The molecule has 3 N–H and O–H groups in total. The molecule has 3 amide bonds. The van der Waals surface area contributed by atoms with Gasteiger partial charge in [0.05, 0.1) is 5.25 Å². The van der Waals surface area contributed by atoms with Crippen LogP contribution in [0.3, 0.4) is 0 Å². The molecule has 0 saturated carbocycles. The summed E-state index contributed by atoms with van der Waals surface area (Å²) in [5.74, 6) is -1.02. The second-order valence-electron chi connectivity index (χ2n) is 8.18. The van der Waals surface area contributed by atoms with Gasteiger partial charge in [-0.15, -0.1) is 11.8 Å². The number of hydrogen-bond donors (Lipinski definition) is 3. The fourth-order valence-corrected chi connectivity index (χ4v) is 5.11. The maximum atomic E-state index is 13.2. The molecule has 1 aromatic heterocycles. The molecule has 1 heterocycles. The van der Waals surface area contributed by atoms with Crippen molar-refractivity contribution in [2.24, 2.45) is 0 Å². The van der Waals surface area contributed by atoms with Gasteiger partial charge in [-0.3, -0.25) is 14.4 Å². The highest BCUT2D eigenvalue weighted by atomic mass is 35.5. The van der Waals surface area contributed by atoms with Crippen molar-refractivity contribution in [1.82, 2.24) is 5.32 Å². The Kier molecular flexibility index (Phi) is 9.37. The lowest BCUT2D eigenvalue weighted by molar-refractivity contribution is -0.115. The third-order valence-corrected chi connectivity index (χ3v) is 7.28. The quantitative estimate of drug-likeness (QED) is 0.153. The largest absolute Gasteiger partial charge is 0.325 e. The average Bonchev–Trinajstić information content (AvgIpc) is 3.42. The summed E-state index contributed by atoms with van der Waals surface area (Å²) in [7, 11) is 0. The predicted molar refractivity (Wildman–Crippen MR) is 157 cm³/mol. The van der Waals surface area contributed by atoms with Crippen molar-refractivity contribution >= 4 is 69.9 Å². The van der Waals surface area contributed by atoms with Gasteiger partial charge in [0.15, 0.2) is 0 Å². The van der Waals surface area contributed by atoms with E-state index in [-0.39, 0.29) is 17.5 Å². The van der Waals surface area contributed by atoms with Crippen molar-refractivity contribution < 1.29 is 14.4 Å². The SMILES string of the molecule is CC(Sc1cccc(NC(=O)/C(=C/c2ccsc2)NC(=O)c2ccccc2)c1)C(=O)Nc1cccc(Cl)c1. The minimum Gasteiger partial charge on any atom is -0.325 e. The number of halogens is 1. The van der Waals surface area contributed by atoms with Gasteiger partial charge in [-0.1, -0.05) is 41.9 Å². The first-order valence-corrected chi connectivity index (χ1v) is 13.8. The minimum atomic E-state index is -0.464. The van der Waals surface area contributed by atoms with E-state index in [1.54, 1.807) is 79.7 Å². The lowest BCUT2D eigenvalue weighted by atomic mass is 10.2. The normalized spacial score (nSPS) is 11.9. The Morgan fingerprint density at radius 2 is 1.63 bits per heavy atom. The zero-order valence-corrected chi connectivity index (χ0v) is 22.7. The van der Waals surface area contributed by atoms with E-state index in [4.69, 9.17) is 11.6 Å². The van der Waals surface area contributed by atoms with Crippen molar-refractivity contribution in [3.05, 3.63) is 118 Å². The van der Waals surface area contributed by atoms with E-state index in [2.05, 4.69) is 16.0 Å². The molecule has 9 heteroatoms. The summed E-state index contributed by atoms with van der Waals surface area (Å²) in [6, 6.07) is 24.7. The highest BCUT2D eigenvalue weighted by molar-refractivity contribution is 8.00.